The second kappa shape index (κ2) is 6.01. The molecule has 5 heteroatoms. The number of benzene rings is 2. The monoisotopic (exact) mass is 371 g/mol. The molecule has 0 aliphatic heterocycles. The molecular weight excluding hydrogens is 360 g/mol. The predicted molar refractivity (Wildman–Crippen MR) is 80.1 cm³/mol. The number of rotatable bonds is 3. The number of carbonyl (C=O) groups is 1. The van der Waals surface area contributed by atoms with Crippen LogP contribution in [0.4, 0.5) is 10.1 Å². The van der Waals surface area contributed by atoms with Crippen molar-refractivity contribution in [2.45, 2.75) is 0 Å². The van der Waals surface area contributed by atoms with E-state index in [9.17, 15) is 9.18 Å². The lowest BCUT2D eigenvalue weighted by molar-refractivity contribution is 0.102. The summed E-state index contributed by atoms with van der Waals surface area (Å²) in [6.45, 7) is 0. The van der Waals surface area contributed by atoms with Crippen molar-refractivity contribution in [2.75, 3.05) is 12.4 Å². The molecule has 0 saturated carbocycles. The molecule has 0 bridgehead atoms. The predicted octanol–water partition coefficient (Wildman–Crippen LogP) is 3.69. The summed E-state index contributed by atoms with van der Waals surface area (Å²) in [6.07, 6.45) is 0. The van der Waals surface area contributed by atoms with E-state index in [2.05, 4.69) is 5.32 Å². The molecule has 0 aliphatic carbocycles. The summed E-state index contributed by atoms with van der Waals surface area (Å²) < 4.78 is 18.8. The van der Waals surface area contributed by atoms with Crippen molar-refractivity contribution in [3.05, 3.63) is 57.4 Å². The molecule has 1 amide bonds. The van der Waals surface area contributed by atoms with Crippen LogP contribution in [0, 0.1) is 9.39 Å². The van der Waals surface area contributed by atoms with Crippen LogP contribution in [0.25, 0.3) is 0 Å². The fourth-order valence-corrected chi connectivity index (χ4v) is 2.03. The Morgan fingerprint density at radius 2 is 1.89 bits per heavy atom. The van der Waals surface area contributed by atoms with E-state index in [0.717, 1.165) is 0 Å². The van der Waals surface area contributed by atoms with Crippen molar-refractivity contribution in [1.29, 1.82) is 0 Å². The van der Waals surface area contributed by atoms with Crippen LogP contribution in [-0.4, -0.2) is 13.0 Å². The Bertz CT molecular complexity index is 599. The summed E-state index contributed by atoms with van der Waals surface area (Å²) in [7, 11) is 1.56. The van der Waals surface area contributed by atoms with Gasteiger partial charge in [0.15, 0.2) is 0 Å². The van der Waals surface area contributed by atoms with Crippen LogP contribution in [0.15, 0.2) is 42.5 Å². The van der Waals surface area contributed by atoms with Crippen LogP contribution in [-0.2, 0) is 0 Å². The maximum absolute atomic E-state index is 13.4. The topological polar surface area (TPSA) is 38.3 Å². The van der Waals surface area contributed by atoms with Crippen LogP contribution in [0.2, 0.25) is 0 Å². The number of amides is 1. The molecule has 1 N–H and O–H groups in total. The van der Waals surface area contributed by atoms with Gasteiger partial charge in [-0.05, 0) is 59.0 Å². The molecule has 0 atom stereocenters. The van der Waals surface area contributed by atoms with Gasteiger partial charge >= 0.3 is 0 Å². The first-order valence-corrected chi connectivity index (χ1v) is 6.59. The van der Waals surface area contributed by atoms with Gasteiger partial charge in [0, 0.05) is 5.56 Å². The number of ether oxygens (including phenoxy) is 1. The summed E-state index contributed by atoms with van der Waals surface area (Å²) in [5, 5.41) is 2.68. The molecule has 2 aromatic carbocycles. The summed E-state index contributed by atoms with van der Waals surface area (Å²) in [5.74, 6) is 0.0381. The summed E-state index contributed by atoms with van der Waals surface area (Å²) in [4.78, 5) is 12.0. The van der Waals surface area contributed by atoms with E-state index < -0.39 is 0 Å². The third kappa shape index (κ3) is 3.23. The molecular formula is C14H11FINO2. The third-order valence-corrected chi connectivity index (χ3v) is 3.65. The highest BCUT2D eigenvalue weighted by Crippen LogP contribution is 2.21. The molecule has 0 heterocycles. The number of carbonyl (C=O) groups excluding carboxylic acids is 1. The largest absolute Gasteiger partial charge is 0.497 e. The van der Waals surface area contributed by atoms with Gasteiger partial charge in [0.1, 0.15) is 11.6 Å². The lowest BCUT2D eigenvalue weighted by atomic mass is 10.2. The summed E-state index contributed by atoms with van der Waals surface area (Å²) in [6, 6.07) is 11.3. The molecule has 0 radical (unpaired) electrons. The maximum atomic E-state index is 13.4. The fourth-order valence-electron chi connectivity index (χ4n) is 1.54. The van der Waals surface area contributed by atoms with Crippen molar-refractivity contribution in [3.63, 3.8) is 0 Å². The standard InChI is InChI=1S/C14H11FINO2/c1-19-10-7-5-9(6-8-10)14(18)17-12-4-2-3-11(15)13(12)16/h2-8H,1H3,(H,17,18). The lowest BCUT2D eigenvalue weighted by Gasteiger charge is -2.08. The molecule has 0 fully saturated rings. The van der Waals surface area contributed by atoms with Gasteiger partial charge in [-0.1, -0.05) is 6.07 Å². The third-order valence-electron chi connectivity index (χ3n) is 2.55. The minimum Gasteiger partial charge on any atom is -0.497 e. The van der Waals surface area contributed by atoms with Crippen LogP contribution < -0.4 is 10.1 Å². The SMILES string of the molecule is COc1ccc(C(=O)Nc2cccc(F)c2I)cc1. The number of methoxy groups -OCH3 is 1. The van der Waals surface area contributed by atoms with Gasteiger partial charge in [-0.25, -0.2) is 4.39 Å². The van der Waals surface area contributed by atoms with E-state index in [1.54, 1.807) is 43.5 Å². The summed E-state index contributed by atoms with van der Waals surface area (Å²) >= 11 is 1.86. The molecule has 2 rings (SSSR count). The Morgan fingerprint density at radius 3 is 2.53 bits per heavy atom. The summed E-state index contributed by atoms with van der Waals surface area (Å²) in [5.41, 5.74) is 0.947. The molecule has 2 aromatic rings. The van der Waals surface area contributed by atoms with Gasteiger partial charge in [0.25, 0.3) is 5.91 Å². The molecule has 0 saturated heterocycles. The van der Waals surface area contributed by atoms with E-state index >= 15 is 0 Å². The van der Waals surface area contributed by atoms with E-state index in [4.69, 9.17) is 4.74 Å². The number of halogens is 2. The molecule has 19 heavy (non-hydrogen) atoms. The zero-order valence-corrected chi connectivity index (χ0v) is 12.3. The first kappa shape index (κ1) is 13.8. The second-order valence-corrected chi connectivity index (χ2v) is 4.86. The Morgan fingerprint density at radius 1 is 1.21 bits per heavy atom. The highest BCUT2D eigenvalue weighted by atomic mass is 127. The molecule has 3 nitrogen and oxygen atoms in total. The van der Waals surface area contributed by atoms with E-state index in [-0.39, 0.29) is 11.7 Å². The van der Waals surface area contributed by atoms with Gasteiger partial charge in [0.05, 0.1) is 16.4 Å². The molecule has 0 spiro atoms. The van der Waals surface area contributed by atoms with Gasteiger partial charge in [-0.15, -0.1) is 0 Å². The van der Waals surface area contributed by atoms with Gasteiger partial charge in [0.2, 0.25) is 0 Å². The van der Waals surface area contributed by atoms with Crippen molar-refractivity contribution < 1.29 is 13.9 Å². The quantitative estimate of drug-likeness (QED) is 0.836. The molecule has 0 unspecified atom stereocenters. The zero-order chi connectivity index (χ0) is 13.8. The minimum atomic E-state index is -0.354. The Balaban J connectivity index is 2.18. The lowest BCUT2D eigenvalue weighted by Crippen LogP contribution is -2.13. The van der Waals surface area contributed by atoms with Gasteiger partial charge in [-0.2, -0.15) is 0 Å². The Labute approximate surface area is 123 Å². The smallest absolute Gasteiger partial charge is 0.255 e. The van der Waals surface area contributed by atoms with Crippen LogP contribution in [0.3, 0.4) is 0 Å². The number of nitrogens with one attached hydrogen (secondary N) is 1. The molecule has 0 aromatic heterocycles. The van der Waals surface area contributed by atoms with Crippen molar-refractivity contribution in [1.82, 2.24) is 0 Å². The minimum absolute atomic E-state index is 0.286. The van der Waals surface area contributed by atoms with E-state index in [0.29, 0.717) is 20.6 Å². The van der Waals surface area contributed by atoms with E-state index in [1.807, 2.05) is 22.6 Å². The van der Waals surface area contributed by atoms with E-state index in [1.165, 1.54) is 6.07 Å². The number of hydrogen-bond donors (Lipinski definition) is 1. The highest BCUT2D eigenvalue weighted by molar-refractivity contribution is 14.1. The molecule has 0 aliphatic rings. The first-order chi connectivity index (χ1) is 9.11. The first-order valence-electron chi connectivity index (χ1n) is 5.51. The van der Waals surface area contributed by atoms with Gasteiger partial charge < -0.3 is 10.1 Å². The number of anilines is 1. The average Bonchev–Trinajstić information content (AvgIpc) is 2.44. The molecule has 98 valence electrons. The fraction of sp³-hybridized carbons (Fsp3) is 0.0714. The van der Waals surface area contributed by atoms with Gasteiger partial charge in [-0.3, -0.25) is 4.79 Å². The maximum Gasteiger partial charge on any atom is 0.255 e. The Hall–Kier alpha value is -1.63. The van der Waals surface area contributed by atoms with Crippen molar-refractivity contribution >= 4 is 34.2 Å². The van der Waals surface area contributed by atoms with Crippen molar-refractivity contribution in [2.24, 2.45) is 0 Å². The van der Waals surface area contributed by atoms with Crippen LogP contribution in [0.1, 0.15) is 10.4 Å². The average molecular weight is 371 g/mol. The Kier molecular flexibility index (Phi) is 4.36. The number of hydrogen-bond acceptors (Lipinski definition) is 2. The van der Waals surface area contributed by atoms with Crippen LogP contribution >= 0.6 is 22.6 Å². The zero-order valence-electron chi connectivity index (χ0n) is 10.1. The van der Waals surface area contributed by atoms with Crippen LogP contribution in [0.5, 0.6) is 5.75 Å². The second-order valence-electron chi connectivity index (χ2n) is 3.78. The normalized spacial score (nSPS) is 10.1. The highest BCUT2D eigenvalue weighted by Gasteiger charge is 2.10. The van der Waals surface area contributed by atoms with Crippen molar-refractivity contribution in [3.8, 4) is 5.75 Å².